The van der Waals surface area contributed by atoms with E-state index in [1.807, 2.05) is 0 Å². The van der Waals surface area contributed by atoms with Gasteiger partial charge in [0.15, 0.2) is 0 Å². The van der Waals surface area contributed by atoms with Gasteiger partial charge in [-0.1, -0.05) is 29.8 Å². The van der Waals surface area contributed by atoms with Crippen molar-refractivity contribution in [3.05, 3.63) is 57.4 Å². The number of methoxy groups -OCH3 is 1. The Morgan fingerprint density at radius 2 is 1.90 bits per heavy atom. The molecule has 0 saturated carbocycles. The molecule has 7 nitrogen and oxygen atoms in total. The molecule has 1 aromatic carbocycles. The lowest BCUT2D eigenvalue weighted by molar-refractivity contribution is -0.139. The Morgan fingerprint density at radius 1 is 1.17 bits per heavy atom. The van der Waals surface area contributed by atoms with Crippen LogP contribution >= 0.6 is 11.6 Å². The third kappa shape index (κ3) is 5.62. The van der Waals surface area contributed by atoms with E-state index in [9.17, 15) is 9.59 Å². The van der Waals surface area contributed by atoms with Crippen molar-refractivity contribution < 1.29 is 23.8 Å². The first-order chi connectivity index (χ1) is 14.5. The summed E-state index contributed by atoms with van der Waals surface area (Å²) in [6.45, 7) is 4.93. The van der Waals surface area contributed by atoms with E-state index in [-0.39, 0.29) is 18.8 Å². The summed E-state index contributed by atoms with van der Waals surface area (Å²) in [6, 6.07) is 7.10. The molecule has 1 heterocycles. The number of nitrogens with two attached hydrogens (primary N) is 1. The average Bonchev–Trinajstić information content (AvgIpc) is 2.73. The van der Waals surface area contributed by atoms with E-state index in [0.717, 1.165) is 12.8 Å². The van der Waals surface area contributed by atoms with Crippen molar-refractivity contribution in [2.75, 3.05) is 33.5 Å². The second-order valence-electron chi connectivity index (χ2n) is 6.77. The lowest BCUT2D eigenvalue weighted by atomic mass is 9.80. The van der Waals surface area contributed by atoms with Crippen LogP contribution in [-0.2, 0) is 23.8 Å². The zero-order valence-electron chi connectivity index (χ0n) is 17.6. The van der Waals surface area contributed by atoms with Gasteiger partial charge in [-0.3, -0.25) is 0 Å². The number of ether oxygens (including phenoxy) is 3. The van der Waals surface area contributed by atoms with Gasteiger partial charge >= 0.3 is 11.9 Å². The summed E-state index contributed by atoms with van der Waals surface area (Å²) < 4.78 is 16.1. The molecule has 1 aromatic rings. The number of carbonyl (C=O) groups is 2. The minimum Gasteiger partial charge on any atom is -0.466 e. The van der Waals surface area contributed by atoms with E-state index in [1.165, 1.54) is 7.11 Å². The number of hydrogen-bond acceptors (Lipinski definition) is 7. The molecule has 164 valence electrons. The molecule has 1 aliphatic rings. The number of benzene rings is 1. The summed E-state index contributed by atoms with van der Waals surface area (Å²) in [5.41, 5.74) is 7.84. The molecule has 8 heteroatoms. The first-order valence-electron chi connectivity index (χ1n) is 9.94. The van der Waals surface area contributed by atoms with Crippen molar-refractivity contribution >= 4 is 23.5 Å². The molecule has 3 N–H and O–H groups in total. The number of esters is 2. The van der Waals surface area contributed by atoms with Crippen molar-refractivity contribution in [3.8, 4) is 0 Å². The summed E-state index contributed by atoms with van der Waals surface area (Å²) >= 11 is 6.46. The Morgan fingerprint density at radius 3 is 2.53 bits per heavy atom. The fourth-order valence-corrected chi connectivity index (χ4v) is 3.63. The maximum atomic E-state index is 13.0. The highest BCUT2D eigenvalue weighted by Crippen LogP contribution is 2.41. The smallest absolute Gasteiger partial charge is 0.336 e. The van der Waals surface area contributed by atoms with Gasteiger partial charge in [-0.15, -0.1) is 0 Å². The summed E-state index contributed by atoms with van der Waals surface area (Å²) in [4.78, 5) is 25.6. The van der Waals surface area contributed by atoms with Crippen LogP contribution in [0.15, 0.2) is 46.8 Å². The quantitative estimate of drug-likeness (QED) is 0.429. The topological polar surface area (TPSA) is 99.9 Å². The van der Waals surface area contributed by atoms with Gasteiger partial charge in [0.05, 0.1) is 43.1 Å². The van der Waals surface area contributed by atoms with E-state index in [4.69, 9.17) is 31.5 Å². The van der Waals surface area contributed by atoms with Crippen LogP contribution in [0.1, 0.15) is 38.2 Å². The number of carbonyl (C=O) groups excluding carboxylic acids is 2. The lowest BCUT2D eigenvalue weighted by Crippen LogP contribution is -2.34. The number of rotatable bonds is 10. The predicted octanol–water partition coefficient (Wildman–Crippen LogP) is 3.05. The van der Waals surface area contributed by atoms with E-state index < -0.39 is 17.9 Å². The van der Waals surface area contributed by atoms with Gasteiger partial charge in [0.2, 0.25) is 0 Å². The van der Waals surface area contributed by atoms with Gasteiger partial charge < -0.3 is 25.3 Å². The number of nitrogens with one attached hydrogen (secondary N) is 1. The molecular formula is C22H29ClN2O5. The molecule has 0 radical (unpaired) electrons. The molecule has 2 rings (SSSR count). The lowest BCUT2D eigenvalue weighted by Gasteiger charge is -2.31. The Bertz CT molecular complexity index is 835. The molecule has 0 aromatic heterocycles. The predicted molar refractivity (Wildman–Crippen MR) is 115 cm³/mol. The monoisotopic (exact) mass is 436 g/mol. The molecule has 1 aliphatic heterocycles. The van der Waals surface area contributed by atoms with Crippen LogP contribution in [-0.4, -0.2) is 45.4 Å². The molecule has 1 unspecified atom stereocenters. The Balaban J connectivity index is 2.55. The molecule has 0 saturated heterocycles. The summed E-state index contributed by atoms with van der Waals surface area (Å²) in [5.74, 6) is -1.83. The minimum absolute atomic E-state index is 0.158. The van der Waals surface area contributed by atoms with Crippen molar-refractivity contribution in [2.24, 2.45) is 5.73 Å². The van der Waals surface area contributed by atoms with Gasteiger partial charge in [0, 0.05) is 17.3 Å². The van der Waals surface area contributed by atoms with E-state index >= 15 is 0 Å². The van der Waals surface area contributed by atoms with Crippen molar-refractivity contribution in [1.29, 1.82) is 0 Å². The number of allylic oxidation sites excluding steroid dienone is 1. The largest absolute Gasteiger partial charge is 0.466 e. The van der Waals surface area contributed by atoms with E-state index in [0.29, 0.717) is 40.7 Å². The Labute approximate surface area is 182 Å². The fraction of sp³-hybridized carbons (Fsp3) is 0.455. The molecule has 0 fully saturated rings. The SMILES string of the molecule is CCOC(=O)C1=C(COCCCCN)NC(C)=C(C(=O)OC)C1c1ccccc1Cl. The second kappa shape index (κ2) is 11.7. The highest BCUT2D eigenvalue weighted by Gasteiger charge is 2.39. The second-order valence-corrected chi connectivity index (χ2v) is 7.18. The van der Waals surface area contributed by atoms with E-state index in [2.05, 4.69) is 5.32 Å². The van der Waals surface area contributed by atoms with Crippen LogP contribution in [0.2, 0.25) is 5.02 Å². The summed E-state index contributed by atoms with van der Waals surface area (Å²) in [6.07, 6.45) is 1.67. The van der Waals surface area contributed by atoms with Crippen molar-refractivity contribution in [1.82, 2.24) is 5.32 Å². The third-order valence-electron chi connectivity index (χ3n) is 4.75. The molecule has 1 atom stereocenters. The van der Waals surface area contributed by atoms with Crippen LogP contribution < -0.4 is 11.1 Å². The molecular weight excluding hydrogens is 408 g/mol. The number of unbranched alkanes of at least 4 members (excludes halogenated alkanes) is 1. The Hall–Kier alpha value is -2.35. The first kappa shape index (κ1) is 23.9. The molecule has 0 amide bonds. The highest BCUT2D eigenvalue weighted by atomic mass is 35.5. The van der Waals surface area contributed by atoms with Crippen LogP contribution in [0.3, 0.4) is 0 Å². The maximum Gasteiger partial charge on any atom is 0.336 e. The van der Waals surface area contributed by atoms with Gasteiger partial charge in [-0.25, -0.2) is 9.59 Å². The Kier molecular flexibility index (Phi) is 9.36. The van der Waals surface area contributed by atoms with Crippen LogP contribution in [0.4, 0.5) is 0 Å². The average molecular weight is 437 g/mol. The van der Waals surface area contributed by atoms with Crippen molar-refractivity contribution in [2.45, 2.75) is 32.6 Å². The molecule has 30 heavy (non-hydrogen) atoms. The standard InChI is InChI=1S/C22H29ClN2O5/c1-4-30-22(27)20-17(13-29-12-8-7-11-24)25-14(2)18(21(26)28-3)19(20)15-9-5-6-10-16(15)23/h5-6,9-10,19,25H,4,7-8,11-13,24H2,1-3H3. The molecule has 0 bridgehead atoms. The van der Waals surface area contributed by atoms with Crippen LogP contribution in [0.5, 0.6) is 0 Å². The van der Waals surface area contributed by atoms with Gasteiger partial charge in [-0.05, 0) is 44.9 Å². The minimum atomic E-state index is -0.742. The fourth-order valence-electron chi connectivity index (χ4n) is 3.38. The molecule has 0 spiro atoms. The van der Waals surface area contributed by atoms with Gasteiger partial charge in [0.1, 0.15) is 0 Å². The van der Waals surface area contributed by atoms with Crippen LogP contribution in [0.25, 0.3) is 0 Å². The first-order valence-corrected chi connectivity index (χ1v) is 10.3. The zero-order valence-corrected chi connectivity index (χ0v) is 18.4. The number of hydrogen-bond donors (Lipinski definition) is 2. The van der Waals surface area contributed by atoms with Crippen molar-refractivity contribution in [3.63, 3.8) is 0 Å². The number of dihydropyridines is 1. The normalized spacial score (nSPS) is 16.4. The maximum absolute atomic E-state index is 13.0. The van der Waals surface area contributed by atoms with E-state index in [1.54, 1.807) is 38.1 Å². The van der Waals surface area contributed by atoms with Gasteiger partial charge in [0.25, 0.3) is 0 Å². The summed E-state index contributed by atoms with van der Waals surface area (Å²) in [5, 5.41) is 3.58. The van der Waals surface area contributed by atoms with Crippen LogP contribution in [0, 0.1) is 0 Å². The third-order valence-corrected chi connectivity index (χ3v) is 5.10. The molecule has 0 aliphatic carbocycles. The highest BCUT2D eigenvalue weighted by molar-refractivity contribution is 6.31. The van der Waals surface area contributed by atoms with Gasteiger partial charge in [-0.2, -0.15) is 0 Å². The zero-order chi connectivity index (χ0) is 22.1. The number of halogens is 1. The summed E-state index contributed by atoms with van der Waals surface area (Å²) in [7, 11) is 1.30.